The number of nitrogens with zero attached hydrogens (tertiary/aromatic N) is 2. The summed E-state index contributed by atoms with van der Waals surface area (Å²) < 4.78 is 5.14. The molecule has 2 aromatic rings. The van der Waals surface area contributed by atoms with Crippen molar-refractivity contribution in [1.82, 2.24) is 0 Å². The first-order valence-corrected chi connectivity index (χ1v) is 10.4. The number of hydrogen-bond acceptors (Lipinski definition) is 7. The van der Waals surface area contributed by atoms with Crippen molar-refractivity contribution in [2.24, 2.45) is 17.0 Å². The second-order valence-corrected chi connectivity index (χ2v) is 7.79. The first kappa shape index (κ1) is 22.6. The lowest BCUT2D eigenvalue weighted by atomic mass is 9.77. The van der Waals surface area contributed by atoms with E-state index >= 15 is 0 Å². The Labute approximate surface area is 181 Å². The summed E-state index contributed by atoms with van der Waals surface area (Å²) in [6, 6.07) is 11.4. The van der Waals surface area contributed by atoms with Gasteiger partial charge in [0.05, 0.1) is 17.7 Å². The zero-order valence-corrected chi connectivity index (χ0v) is 17.6. The second kappa shape index (κ2) is 10.8. The molecule has 1 aliphatic carbocycles. The number of phenolic OH excluding ortho intramolecular Hbond substituents is 1. The Bertz CT molecular complexity index is 905. The molecule has 0 aromatic heterocycles. The van der Waals surface area contributed by atoms with E-state index in [-0.39, 0.29) is 30.6 Å². The predicted octanol–water partition coefficient (Wildman–Crippen LogP) is 4.42. The quantitative estimate of drug-likeness (QED) is 0.347. The molecule has 0 radical (unpaired) electrons. The van der Waals surface area contributed by atoms with Gasteiger partial charge in [0.25, 0.3) is 5.69 Å². The first-order chi connectivity index (χ1) is 15.0. The highest BCUT2D eigenvalue weighted by atomic mass is 16.6. The number of nitro groups is 1. The van der Waals surface area contributed by atoms with Crippen LogP contribution in [0, 0.1) is 22.0 Å². The van der Waals surface area contributed by atoms with Crippen molar-refractivity contribution < 1.29 is 24.7 Å². The van der Waals surface area contributed by atoms with Gasteiger partial charge in [0.1, 0.15) is 6.61 Å². The molecule has 8 nitrogen and oxygen atoms in total. The highest BCUT2D eigenvalue weighted by Gasteiger charge is 2.26. The number of non-ortho nitro benzene ring substituents is 1. The van der Waals surface area contributed by atoms with Crippen LogP contribution in [-0.2, 0) is 11.4 Å². The fraction of sp³-hybridized carbons (Fsp3) is 0.435. The van der Waals surface area contributed by atoms with E-state index in [1.54, 1.807) is 24.3 Å². The maximum atomic E-state index is 10.8. The van der Waals surface area contributed by atoms with Gasteiger partial charge in [-0.1, -0.05) is 5.16 Å². The van der Waals surface area contributed by atoms with E-state index in [0.717, 1.165) is 48.9 Å². The molecule has 8 heteroatoms. The predicted molar refractivity (Wildman–Crippen MR) is 116 cm³/mol. The van der Waals surface area contributed by atoms with Crippen molar-refractivity contribution >= 4 is 11.4 Å². The molecule has 0 atom stereocenters. The van der Waals surface area contributed by atoms with Crippen LogP contribution in [-0.4, -0.2) is 34.6 Å². The number of benzene rings is 2. The molecule has 2 aromatic carbocycles. The van der Waals surface area contributed by atoms with Crippen LogP contribution in [0.4, 0.5) is 5.69 Å². The second-order valence-electron chi connectivity index (χ2n) is 7.79. The number of aliphatic hydroxyl groups is 1. The number of hydrogen-bond donors (Lipinski definition) is 2. The minimum atomic E-state index is -0.440. The summed E-state index contributed by atoms with van der Waals surface area (Å²) in [6.45, 7) is 0.393. The van der Waals surface area contributed by atoms with Crippen LogP contribution in [0.3, 0.4) is 0 Å². The summed E-state index contributed by atoms with van der Waals surface area (Å²) in [7, 11) is 1.50. The van der Waals surface area contributed by atoms with Crippen LogP contribution in [0.5, 0.6) is 11.5 Å². The molecule has 0 aliphatic heterocycles. The molecular weight excluding hydrogens is 400 g/mol. The fourth-order valence-corrected chi connectivity index (χ4v) is 4.01. The van der Waals surface area contributed by atoms with Gasteiger partial charge >= 0.3 is 0 Å². The monoisotopic (exact) mass is 428 g/mol. The minimum Gasteiger partial charge on any atom is -0.504 e. The zero-order chi connectivity index (χ0) is 22.2. The van der Waals surface area contributed by atoms with Gasteiger partial charge in [-0.2, -0.15) is 0 Å². The Kier molecular flexibility index (Phi) is 7.83. The van der Waals surface area contributed by atoms with E-state index in [0.29, 0.717) is 11.7 Å². The van der Waals surface area contributed by atoms with E-state index in [2.05, 4.69) is 5.16 Å². The van der Waals surface area contributed by atoms with Gasteiger partial charge in [-0.05, 0) is 73.9 Å². The van der Waals surface area contributed by atoms with Gasteiger partial charge in [-0.15, -0.1) is 0 Å². The Morgan fingerprint density at radius 2 is 1.87 bits per heavy atom. The minimum absolute atomic E-state index is 0.0290. The highest BCUT2D eigenvalue weighted by Crippen LogP contribution is 2.35. The van der Waals surface area contributed by atoms with Crippen molar-refractivity contribution in [3.8, 4) is 11.5 Å². The van der Waals surface area contributed by atoms with Crippen LogP contribution < -0.4 is 4.74 Å². The van der Waals surface area contributed by atoms with E-state index in [1.807, 2.05) is 6.07 Å². The van der Waals surface area contributed by atoms with Crippen LogP contribution in [0.15, 0.2) is 47.6 Å². The number of rotatable bonds is 9. The first-order valence-electron chi connectivity index (χ1n) is 10.4. The molecule has 166 valence electrons. The summed E-state index contributed by atoms with van der Waals surface area (Å²) >= 11 is 0. The molecule has 1 aliphatic rings. The van der Waals surface area contributed by atoms with Crippen molar-refractivity contribution in [1.29, 1.82) is 0 Å². The van der Waals surface area contributed by atoms with Gasteiger partial charge in [-0.25, -0.2) is 0 Å². The summed E-state index contributed by atoms with van der Waals surface area (Å²) in [4.78, 5) is 16.0. The van der Waals surface area contributed by atoms with Crippen LogP contribution in [0.2, 0.25) is 0 Å². The lowest BCUT2D eigenvalue weighted by molar-refractivity contribution is -0.384. The normalized spacial score (nSPS) is 19.1. The molecular formula is C23H28N2O6. The summed E-state index contributed by atoms with van der Waals surface area (Å²) in [5.74, 6) is 1.13. The average Bonchev–Trinajstić information content (AvgIpc) is 2.78. The van der Waals surface area contributed by atoms with Crippen molar-refractivity contribution in [2.45, 2.75) is 38.7 Å². The summed E-state index contributed by atoms with van der Waals surface area (Å²) in [6.07, 6.45) is 4.69. The van der Waals surface area contributed by atoms with Crippen LogP contribution in [0.25, 0.3) is 0 Å². The smallest absolute Gasteiger partial charge is 0.269 e. The van der Waals surface area contributed by atoms with E-state index in [4.69, 9.17) is 9.57 Å². The molecule has 0 bridgehead atoms. The van der Waals surface area contributed by atoms with Crippen molar-refractivity contribution in [3.05, 3.63) is 63.7 Å². The Morgan fingerprint density at radius 1 is 1.16 bits per heavy atom. The Hall–Kier alpha value is -3.13. The summed E-state index contributed by atoms with van der Waals surface area (Å²) in [5.41, 5.74) is 2.34. The van der Waals surface area contributed by atoms with E-state index < -0.39 is 4.92 Å². The third-order valence-corrected chi connectivity index (χ3v) is 5.79. The molecule has 1 fully saturated rings. The van der Waals surface area contributed by atoms with Gasteiger partial charge in [-0.3, -0.25) is 10.1 Å². The third-order valence-electron chi connectivity index (χ3n) is 5.79. The molecule has 3 rings (SSSR count). The molecule has 0 amide bonds. The van der Waals surface area contributed by atoms with Crippen molar-refractivity contribution in [2.75, 3.05) is 13.7 Å². The molecule has 0 unspecified atom stereocenters. The average molecular weight is 428 g/mol. The SMILES string of the molecule is COc1ccc(/C(=N/OCc2ccc([N+](=O)[O-])cc2)C2CCC(CCO)CC2)cc1O. The standard InChI is InChI=1S/C23H28N2O6/c1-30-22-11-8-19(14-21(22)27)23(18-6-2-16(3-7-18)12-13-26)24-31-15-17-4-9-20(10-5-17)25(28)29/h4-5,8-11,14,16,18,26-27H,2-3,6-7,12-13,15H2,1H3/b24-23+. The molecule has 1 saturated carbocycles. The topological polar surface area (TPSA) is 114 Å². The molecule has 31 heavy (non-hydrogen) atoms. The third kappa shape index (κ3) is 5.95. The maximum Gasteiger partial charge on any atom is 0.269 e. The van der Waals surface area contributed by atoms with Gasteiger partial charge in [0.15, 0.2) is 11.5 Å². The van der Waals surface area contributed by atoms with Gasteiger partial charge in [0, 0.05) is 30.2 Å². The molecule has 2 N–H and O–H groups in total. The van der Waals surface area contributed by atoms with Crippen LogP contribution >= 0.6 is 0 Å². The van der Waals surface area contributed by atoms with Gasteiger partial charge in [0.2, 0.25) is 0 Å². The van der Waals surface area contributed by atoms with Gasteiger partial charge < -0.3 is 19.8 Å². The number of aliphatic hydroxyl groups excluding tert-OH is 1. The Balaban J connectivity index is 1.76. The molecule has 0 saturated heterocycles. The largest absolute Gasteiger partial charge is 0.504 e. The number of nitro benzene ring substituents is 1. The number of aromatic hydroxyl groups is 1. The summed E-state index contributed by atoms with van der Waals surface area (Å²) in [5, 5.41) is 34.6. The molecule has 0 spiro atoms. The fourth-order valence-electron chi connectivity index (χ4n) is 4.01. The van der Waals surface area contributed by atoms with Crippen molar-refractivity contribution in [3.63, 3.8) is 0 Å². The zero-order valence-electron chi connectivity index (χ0n) is 17.6. The van der Waals surface area contributed by atoms with E-state index in [9.17, 15) is 20.3 Å². The Morgan fingerprint density at radius 3 is 2.45 bits per heavy atom. The highest BCUT2D eigenvalue weighted by molar-refractivity contribution is 6.02. The van der Waals surface area contributed by atoms with Crippen LogP contribution in [0.1, 0.15) is 43.2 Å². The lowest BCUT2D eigenvalue weighted by Crippen LogP contribution is -2.23. The maximum absolute atomic E-state index is 10.8. The number of phenols is 1. The number of methoxy groups -OCH3 is 1. The van der Waals surface area contributed by atoms with E-state index in [1.165, 1.54) is 19.2 Å². The number of ether oxygens (including phenoxy) is 1. The number of oxime groups is 1. The lowest BCUT2D eigenvalue weighted by Gasteiger charge is -2.29. The molecule has 0 heterocycles.